The number of hydrogen-bond acceptors (Lipinski definition) is 0. The first-order valence-corrected chi connectivity index (χ1v) is 15.2. The van der Waals surface area contributed by atoms with Crippen molar-refractivity contribution in [3.8, 4) is 0 Å². The Kier molecular flexibility index (Phi) is 104. The van der Waals surface area contributed by atoms with Crippen molar-refractivity contribution in [2.24, 2.45) is 0 Å². The summed E-state index contributed by atoms with van der Waals surface area (Å²) in [5, 5.41) is 0. The van der Waals surface area contributed by atoms with Gasteiger partial charge in [0.1, 0.15) is 0 Å². The molecule has 0 aromatic rings. The predicted octanol–water partition coefficient (Wildman–Crippen LogP) is -2.13. The smallest absolute Gasteiger partial charge is 0 e. The normalized spacial score (nSPS) is 5.45. The maximum atomic E-state index is 5.04. The van der Waals surface area contributed by atoms with E-state index < -0.39 is 13.9 Å². The number of rotatable bonds is 0. The van der Waals surface area contributed by atoms with E-state index in [0.717, 1.165) is 0 Å². The third kappa shape index (κ3) is 214. The average molecular weight is 469 g/mol. The van der Waals surface area contributed by atoms with Gasteiger partial charge >= 0.3 is 49.6 Å². The van der Waals surface area contributed by atoms with Crippen LogP contribution in [0.3, 0.4) is 0 Å². The second-order valence-electron chi connectivity index (χ2n) is 0.429. The second-order valence-corrected chi connectivity index (χ2v) is 25.9. The molecule has 0 aliphatic carbocycles. The Labute approximate surface area is 99.6 Å². The summed E-state index contributed by atoms with van der Waals surface area (Å²) >= 11 is -3.29. The van der Waals surface area contributed by atoms with Gasteiger partial charge in [-0.1, -0.05) is 0 Å². The molecule has 0 saturated carbocycles. The van der Waals surface area contributed by atoms with Crippen LogP contribution in [0.1, 0.15) is 0 Å². The van der Waals surface area contributed by atoms with Crippen molar-refractivity contribution in [2.75, 3.05) is 0 Å². The molecule has 76 valence electrons. The molecule has 11 heteroatoms. The summed E-state index contributed by atoms with van der Waals surface area (Å²) in [6, 6.07) is 0. The van der Waals surface area contributed by atoms with E-state index in [0.29, 0.717) is 0 Å². The molecule has 10 N–H and O–H groups in total. The summed E-state index contributed by atoms with van der Waals surface area (Å²) in [7, 11) is 20.1. The van der Waals surface area contributed by atoms with E-state index in [1.54, 1.807) is 0 Å². The molecule has 4 radical (unpaired) electrons. The first kappa shape index (κ1) is 49.7. The van der Waals surface area contributed by atoms with Crippen molar-refractivity contribution in [3.63, 3.8) is 0 Å². The van der Waals surface area contributed by atoms with Crippen LogP contribution in [0, 0.1) is 0 Å². The van der Waals surface area contributed by atoms with Gasteiger partial charge in [0.15, 0.2) is 0 Å². The van der Waals surface area contributed by atoms with Crippen LogP contribution in [0.25, 0.3) is 0 Å². The molecule has 0 aromatic carbocycles. The molecule has 0 aliphatic heterocycles. The van der Waals surface area contributed by atoms with E-state index in [4.69, 9.17) is 35.7 Å². The molecule has 0 heterocycles. The van der Waals surface area contributed by atoms with E-state index in [-0.39, 0.29) is 51.3 Å². The molecule has 0 aromatic heterocycles. The first-order valence-electron chi connectivity index (χ1n) is 0.756. The van der Waals surface area contributed by atoms with Crippen LogP contribution in [0.4, 0.5) is 0 Å². The standard InChI is InChI=1S/4ClH.5H2O.2Sn/h4*1H;5*1H2;;/q;;;;;;;;;;+4/p-4. The molecule has 0 fully saturated rings. The summed E-state index contributed by atoms with van der Waals surface area (Å²) < 4.78 is 0. The Hall–Kier alpha value is 2.56. The Bertz CT molecular complexity index is 32.0. The van der Waals surface area contributed by atoms with E-state index in [9.17, 15) is 0 Å². The molecule has 0 unspecified atom stereocenters. The van der Waals surface area contributed by atoms with Gasteiger partial charge in [0.05, 0.1) is 0 Å². The van der Waals surface area contributed by atoms with Crippen molar-refractivity contribution < 1.29 is 27.4 Å². The van der Waals surface area contributed by atoms with Gasteiger partial charge in [0.25, 0.3) is 0 Å². The molecule has 0 atom stereocenters. The molecule has 0 spiro atoms. The SMILES string of the molecule is O.O.O.O.O.[Cl][Sn]([Cl])([Cl])[Cl].[Sn]. The molecule has 0 rings (SSSR count). The Morgan fingerprint density at radius 1 is 0.545 bits per heavy atom. The van der Waals surface area contributed by atoms with Gasteiger partial charge in [0.2, 0.25) is 0 Å². The summed E-state index contributed by atoms with van der Waals surface area (Å²) in [4.78, 5) is 0. The maximum absolute atomic E-state index is 5.04. The zero-order valence-corrected chi connectivity index (χ0v) is 13.7. The molecular weight excluding hydrogens is 459 g/mol. The zero-order chi connectivity index (χ0) is 4.50. The molecular formula is H10Cl4O5Sn2. The molecule has 0 aliphatic rings. The molecule has 5 nitrogen and oxygen atoms in total. The largest absolute Gasteiger partial charge is 0 e. The second kappa shape index (κ2) is 22.9. The topological polar surface area (TPSA) is 158 Å². The summed E-state index contributed by atoms with van der Waals surface area (Å²) in [6.45, 7) is 0. The summed E-state index contributed by atoms with van der Waals surface area (Å²) in [6.07, 6.45) is 0. The Balaban J connectivity index is -0.00000000533. The van der Waals surface area contributed by atoms with Crippen LogP contribution in [0.15, 0.2) is 0 Å². The van der Waals surface area contributed by atoms with Crippen LogP contribution >= 0.6 is 35.7 Å². The minimum absolute atomic E-state index is 0. The first-order chi connectivity index (χ1) is 2.00. The molecule has 11 heavy (non-hydrogen) atoms. The minimum atomic E-state index is -3.29. The van der Waals surface area contributed by atoms with E-state index in [1.807, 2.05) is 0 Å². The number of halogens is 4. The Morgan fingerprint density at radius 3 is 0.545 bits per heavy atom. The third-order valence-electron chi connectivity index (χ3n) is 0. The van der Waals surface area contributed by atoms with Gasteiger partial charge in [-0.2, -0.15) is 0 Å². The fraction of sp³-hybridized carbons (Fsp3) is 0. The van der Waals surface area contributed by atoms with Crippen molar-refractivity contribution in [3.05, 3.63) is 0 Å². The van der Waals surface area contributed by atoms with Gasteiger partial charge in [-0.15, -0.1) is 0 Å². The fourth-order valence-corrected chi connectivity index (χ4v) is 0. The zero-order valence-electron chi connectivity index (χ0n) is 5.01. The van der Waals surface area contributed by atoms with Crippen molar-refractivity contribution >= 4 is 73.5 Å². The van der Waals surface area contributed by atoms with E-state index in [2.05, 4.69) is 0 Å². The van der Waals surface area contributed by atoms with Crippen molar-refractivity contribution in [2.45, 2.75) is 0 Å². The summed E-state index contributed by atoms with van der Waals surface area (Å²) in [5.74, 6) is 0. The van der Waals surface area contributed by atoms with Gasteiger partial charge < -0.3 is 27.4 Å². The van der Waals surface area contributed by atoms with Crippen LogP contribution in [-0.4, -0.2) is 65.2 Å². The van der Waals surface area contributed by atoms with Crippen LogP contribution in [-0.2, 0) is 0 Å². The molecule has 0 amide bonds. The average Bonchev–Trinajstić information content (AvgIpc) is 0.722. The van der Waals surface area contributed by atoms with E-state index >= 15 is 0 Å². The Morgan fingerprint density at radius 2 is 0.545 bits per heavy atom. The van der Waals surface area contributed by atoms with Crippen LogP contribution in [0.2, 0.25) is 0 Å². The fourth-order valence-electron chi connectivity index (χ4n) is 0. The van der Waals surface area contributed by atoms with Gasteiger partial charge in [-0.3, -0.25) is 0 Å². The van der Waals surface area contributed by atoms with Gasteiger partial charge in [-0.05, 0) is 0 Å². The monoisotopic (exact) mass is 470 g/mol. The van der Waals surface area contributed by atoms with E-state index in [1.165, 1.54) is 0 Å². The maximum Gasteiger partial charge on any atom is 0 e. The van der Waals surface area contributed by atoms with Crippen LogP contribution in [0.5, 0.6) is 0 Å². The molecule has 0 saturated heterocycles. The predicted molar refractivity (Wildman–Crippen MR) is 53.0 cm³/mol. The number of hydrogen-bond donors (Lipinski definition) is 0. The third-order valence-corrected chi connectivity index (χ3v) is 0. The molecule has 0 bridgehead atoms. The van der Waals surface area contributed by atoms with Gasteiger partial charge in [0, 0.05) is 23.9 Å². The quantitative estimate of drug-likeness (QED) is 0.356. The van der Waals surface area contributed by atoms with Crippen LogP contribution < -0.4 is 0 Å². The van der Waals surface area contributed by atoms with Crippen molar-refractivity contribution in [1.82, 2.24) is 0 Å². The minimum Gasteiger partial charge on any atom is 0 e. The summed E-state index contributed by atoms with van der Waals surface area (Å²) in [5.41, 5.74) is 0. The van der Waals surface area contributed by atoms with Crippen molar-refractivity contribution in [1.29, 1.82) is 0 Å². The van der Waals surface area contributed by atoms with Gasteiger partial charge in [-0.25, -0.2) is 0 Å².